The minimum Gasteiger partial charge on any atom is -0.398 e. The van der Waals surface area contributed by atoms with Crippen molar-refractivity contribution in [2.75, 3.05) is 33.1 Å². The molecule has 108 valence electrons. The van der Waals surface area contributed by atoms with E-state index in [4.69, 9.17) is 15.2 Å². The molecule has 5 heteroatoms. The molecule has 0 radical (unpaired) electrons. The fourth-order valence-corrected chi connectivity index (χ4v) is 2.11. The number of pyridine rings is 1. The van der Waals surface area contributed by atoms with Gasteiger partial charge in [0, 0.05) is 38.4 Å². The molecule has 0 amide bonds. The van der Waals surface area contributed by atoms with Gasteiger partial charge in [0.15, 0.2) is 0 Å². The van der Waals surface area contributed by atoms with Crippen molar-refractivity contribution in [2.24, 2.45) is 0 Å². The van der Waals surface area contributed by atoms with Crippen LogP contribution in [0.5, 0.6) is 0 Å². The summed E-state index contributed by atoms with van der Waals surface area (Å²) in [5.74, 6) is 0. The van der Waals surface area contributed by atoms with Crippen molar-refractivity contribution < 1.29 is 9.47 Å². The minimum atomic E-state index is 0.0396. The number of anilines is 1. The third-order valence-corrected chi connectivity index (χ3v) is 3.17. The molecule has 20 heavy (non-hydrogen) atoms. The Hall–Kier alpha value is -1.69. The summed E-state index contributed by atoms with van der Waals surface area (Å²) in [6.07, 6.45) is 0.0396. The second-order valence-electron chi connectivity index (χ2n) is 4.66. The molecule has 0 saturated heterocycles. The Morgan fingerprint density at radius 2 is 2.10 bits per heavy atom. The van der Waals surface area contributed by atoms with Crippen LogP contribution in [-0.4, -0.2) is 38.5 Å². The summed E-state index contributed by atoms with van der Waals surface area (Å²) in [4.78, 5) is 4.59. The number of nitrogens with two attached hydrogens (primary N) is 1. The number of fused-ring (bicyclic) bond motifs is 1. The van der Waals surface area contributed by atoms with Gasteiger partial charge in [0.05, 0.1) is 23.9 Å². The summed E-state index contributed by atoms with van der Waals surface area (Å²) in [7, 11) is 3.34. The highest BCUT2D eigenvalue weighted by atomic mass is 16.5. The summed E-state index contributed by atoms with van der Waals surface area (Å²) in [5.41, 5.74) is 8.65. The summed E-state index contributed by atoms with van der Waals surface area (Å²) < 4.78 is 10.4. The Labute approximate surface area is 119 Å². The van der Waals surface area contributed by atoms with Crippen LogP contribution < -0.4 is 11.1 Å². The van der Waals surface area contributed by atoms with Crippen molar-refractivity contribution in [2.45, 2.75) is 12.6 Å². The highest BCUT2D eigenvalue weighted by molar-refractivity contribution is 5.90. The van der Waals surface area contributed by atoms with Crippen molar-refractivity contribution in [1.29, 1.82) is 0 Å². The molecular weight excluding hydrogens is 254 g/mol. The zero-order valence-electron chi connectivity index (χ0n) is 11.9. The molecule has 1 unspecified atom stereocenters. The summed E-state index contributed by atoms with van der Waals surface area (Å²) >= 11 is 0. The molecule has 3 N–H and O–H groups in total. The van der Waals surface area contributed by atoms with E-state index in [2.05, 4.69) is 10.3 Å². The van der Waals surface area contributed by atoms with Crippen LogP contribution >= 0.6 is 0 Å². The second kappa shape index (κ2) is 7.19. The van der Waals surface area contributed by atoms with E-state index in [0.29, 0.717) is 19.7 Å². The molecule has 0 aliphatic rings. The summed E-state index contributed by atoms with van der Waals surface area (Å²) in [5, 5.41) is 4.30. The number of nitrogen functional groups attached to an aromatic ring is 1. The molecular formula is C15H21N3O2. The lowest BCUT2D eigenvalue weighted by atomic mass is 10.1. The quantitative estimate of drug-likeness (QED) is 0.802. The molecule has 0 aliphatic carbocycles. The topological polar surface area (TPSA) is 69.4 Å². The Kier molecular flexibility index (Phi) is 5.29. The first-order valence-electron chi connectivity index (χ1n) is 6.61. The Morgan fingerprint density at radius 3 is 2.85 bits per heavy atom. The van der Waals surface area contributed by atoms with E-state index < -0.39 is 0 Å². The van der Waals surface area contributed by atoms with Gasteiger partial charge in [-0.25, -0.2) is 0 Å². The van der Waals surface area contributed by atoms with Gasteiger partial charge in [-0.3, -0.25) is 4.98 Å². The zero-order valence-corrected chi connectivity index (χ0v) is 11.9. The van der Waals surface area contributed by atoms with Crippen molar-refractivity contribution in [1.82, 2.24) is 10.3 Å². The Morgan fingerprint density at radius 1 is 1.30 bits per heavy atom. The Balaban J connectivity index is 2.00. The Bertz CT molecular complexity index is 560. The first kappa shape index (κ1) is 14.7. The van der Waals surface area contributed by atoms with Gasteiger partial charge in [-0.1, -0.05) is 18.2 Å². The molecule has 1 atom stereocenters. The molecule has 2 aromatic rings. The second-order valence-corrected chi connectivity index (χ2v) is 4.66. The molecule has 0 bridgehead atoms. The number of aromatic nitrogens is 1. The number of nitrogens with one attached hydrogen (secondary N) is 1. The van der Waals surface area contributed by atoms with Gasteiger partial charge in [-0.15, -0.1) is 0 Å². The van der Waals surface area contributed by atoms with E-state index in [-0.39, 0.29) is 6.10 Å². The number of benzene rings is 1. The van der Waals surface area contributed by atoms with E-state index in [9.17, 15) is 0 Å². The zero-order chi connectivity index (χ0) is 14.4. The van der Waals surface area contributed by atoms with E-state index in [1.54, 1.807) is 14.2 Å². The van der Waals surface area contributed by atoms with Gasteiger partial charge in [0.25, 0.3) is 0 Å². The minimum absolute atomic E-state index is 0.0396. The summed E-state index contributed by atoms with van der Waals surface area (Å²) in [6.45, 7) is 1.92. The average Bonchev–Trinajstić information content (AvgIpc) is 2.46. The molecule has 2 rings (SSSR count). The van der Waals surface area contributed by atoms with E-state index >= 15 is 0 Å². The predicted octanol–water partition coefficient (Wildman–Crippen LogP) is 1.57. The molecule has 0 spiro atoms. The van der Waals surface area contributed by atoms with Crippen LogP contribution in [0.25, 0.3) is 10.9 Å². The van der Waals surface area contributed by atoms with Crippen LogP contribution in [-0.2, 0) is 16.0 Å². The van der Waals surface area contributed by atoms with Crippen LogP contribution in [0.1, 0.15) is 5.69 Å². The van der Waals surface area contributed by atoms with Gasteiger partial charge < -0.3 is 20.5 Å². The predicted molar refractivity (Wildman–Crippen MR) is 80.5 cm³/mol. The van der Waals surface area contributed by atoms with Crippen molar-refractivity contribution in [3.63, 3.8) is 0 Å². The van der Waals surface area contributed by atoms with Crippen molar-refractivity contribution in [3.05, 3.63) is 36.0 Å². The lowest BCUT2D eigenvalue weighted by Gasteiger charge is -2.15. The number of para-hydroxylation sites is 1. The van der Waals surface area contributed by atoms with Crippen LogP contribution in [0.2, 0.25) is 0 Å². The largest absolute Gasteiger partial charge is 0.398 e. The lowest BCUT2D eigenvalue weighted by Crippen LogP contribution is -2.31. The van der Waals surface area contributed by atoms with Crippen LogP contribution in [0.4, 0.5) is 5.69 Å². The maximum absolute atomic E-state index is 6.05. The van der Waals surface area contributed by atoms with Gasteiger partial charge in [-0.2, -0.15) is 0 Å². The molecule has 1 heterocycles. The van der Waals surface area contributed by atoms with Crippen LogP contribution in [0.15, 0.2) is 30.3 Å². The number of methoxy groups -OCH3 is 2. The standard InChI is InChI=1S/C15H21N3O2/c1-19-10-12(20-2)9-17-8-11-7-14(16)13-5-3-4-6-15(13)18-11/h3-7,12,17H,8-10H2,1-2H3,(H2,16,18). The number of rotatable bonds is 7. The fraction of sp³-hybridized carbons (Fsp3) is 0.400. The van der Waals surface area contributed by atoms with Crippen LogP contribution in [0.3, 0.4) is 0 Å². The number of ether oxygens (including phenoxy) is 2. The third-order valence-electron chi connectivity index (χ3n) is 3.17. The molecule has 1 aromatic heterocycles. The van der Waals surface area contributed by atoms with Crippen LogP contribution in [0, 0.1) is 0 Å². The van der Waals surface area contributed by atoms with E-state index in [1.165, 1.54) is 0 Å². The van der Waals surface area contributed by atoms with E-state index in [1.807, 2.05) is 30.3 Å². The first-order valence-corrected chi connectivity index (χ1v) is 6.61. The normalized spacial score (nSPS) is 12.7. The highest BCUT2D eigenvalue weighted by Crippen LogP contribution is 2.19. The monoisotopic (exact) mass is 275 g/mol. The molecule has 0 aliphatic heterocycles. The molecule has 1 aromatic carbocycles. The maximum Gasteiger partial charge on any atom is 0.0928 e. The van der Waals surface area contributed by atoms with Crippen molar-refractivity contribution >= 4 is 16.6 Å². The number of hydrogen-bond donors (Lipinski definition) is 2. The lowest BCUT2D eigenvalue weighted by molar-refractivity contribution is 0.0287. The highest BCUT2D eigenvalue weighted by Gasteiger charge is 2.07. The number of hydrogen-bond acceptors (Lipinski definition) is 5. The van der Waals surface area contributed by atoms with Gasteiger partial charge in [0.2, 0.25) is 0 Å². The first-order chi connectivity index (χ1) is 9.74. The smallest absolute Gasteiger partial charge is 0.0928 e. The third kappa shape index (κ3) is 3.66. The van der Waals surface area contributed by atoms with E-state index in [0.717, 1.165) is 22.3 Å². The number of nitrogens with zero attached hydrogens (tertiary/aromatic N) is 1. The SMILES string of the molecule is COCC(CNCc1cc(N)c2ccccc2n1)OC. The van der Waals surface area contributed by atoms with Gasteiger partial charge >= 0.3 is 0 Å². The molecule has 0 fully saturated rings. The summed E-state index contributed by atoms with van der Waals surface area (Å²) in [6, 6.07) is 9.79. The van der Waals surface area contributed by atoms with Crippen molar-refractivity contribution in [3.8, 4) is 0 Å². The maximum atomic E-state index is 6.05. The fourth-order valence-electron chi connectivity index (χ4n) is 2.11. The van der Waals surface area contributed by atoms with Gasteiger partial charge in [-0.05, 0) is 12.1 Å². The van der Waals surface area contributed by atoms with Gasteiger partial charge in [0.1, 0.15) is 0 Å². The molecule has 0 saturated carbocycles. The average molecular weight is 275 g/mol. The molecule has 5 nitrogen and oxygen atoms in total.